The Morgan fingerprint density at radius 2 is 2.10 bits per heavy atom. The van der Waals surface area contributed by atoms with E-state index in [0.717, 1.165) is 69.8 Å². The van der Waals surface area contributed by atoms with Crippen molar-refractivity contribution in [1.29, 1.82) is 0 Å². The average molecular weight is 531 g/mol. The molecular formula is C22H35FIN5O. The highest BCUT2D eigenvalue weighted by Gasteiger charge is 2.44. The van der Waals surface area contributed by atoms with Crippen molar-refractivity contribution in [3.05, 3.63) is 35.6 Å². The molecule has 2 N–H and O–H groups in total. The quantitative estimate of drug-likeness (QED) is 0.235. The molecule has 1 saturated carbocycles. The second kappa shape index (κ2) is 11.3. The number of hydrogen-bond acceptors (Lipinski definition) is 3. The lowest BCUT2D eigenvalue weighted by atomic mass is 9.96. The van der Waals surface area contributed by atoms with Crippen LogP contribution in [0.3, 0.4) is 0 Å². The maximum absolute atomic E-state index is 13.6. The lowest BCUT2D eigenvalue weighted by Gasteiger charge is -2.26. The number of halogens is 2. The highest BCUT2D eigenvalue weighted by atomic mass is 127. The number of aliphatic imine (C=N–C) groups is 1. The summed E-state index contributed by atoms with van der Waals surface area (Å²) in [4.78, 5) is 20.6. The molecule has 1 unspecified atom stereocenters. The molecule has 3 rings (SSSR count). The number of likely N-dealkylation sites (tertiary alicyclic amines) is 1. The fourth-order valence-electron chi connectivity index (χ4n) is 4.17. The van der Waals surface area contributed by atoms with Crippen molar-refractivity contribution >= 4 is 35.8 Å². The third-order valence-electron chi connectivity index (χ3n) is 6.11. The Bertz CT molecular complexity index is 738. The summed E-state index contributed by atoms with van der Waals surface area (Å²) >= 11 is 0. The van der Waals surface area contributed by atoms with Gasteiger partial charge in [-0.2, -0.15) is 0 Å². The molecule has 2 fully saturated rings. The van der Waals surface area contributed by atoms with Gasteiger partial charge in [-0.3, -0.25) is 14.7 Å². The molecule has 1 aliphatic heterocycles. The van der Waals surface area contributed by atoms with Gasteiger partial charge in [-0.25, -0.2) is 4.39 Å². The summed E-state index contributed by atoms with van der Waals surface area (Å²) < 4.78 is 13.6. The van der Waals surface area contributed by atoms with E-state index in [1.165, 1.54) is 6.07 Å². The van der Waals surface area contributed by atoms with Gasteiger partial charge in [0.25, 0.3) is 0 Å². The smallest absolute Gasteiger partial charge is 0.239 e. The van der Waals surface area contributed by atoms with E-state index in [9.17, 15) is 9.18 Å². The summed E-state index contributed by atoms with van der Waals surface area (Å²) in [5.74, 6) is 0.805. The number of nitrogens with one attached hydrogen (secondary N) is 2. The van der Waals surface area contributed by atoms with Crippen molar-refractivity contribution in [3.63, 3.8) is 0 Å². The molecule has 1 heterocycles. The van der Waals surface area contributed by atoms with Crippen LogP contribution in [0, 0.1) is 5.82 Å². The van der Waals surface area contributed by atoms with Crippen molar-refractivity contribution in [2.24, 2.45) is 4.99 Å². The summed E-state index contributed by atoms with van der Waals surface area (Å²) in [7, 11) is 5.42. The van der Waals surface area contributed by atoms with Gasteiger partial charge >= 0.3 is 0 Å². The van der Waals surface area contributed by atoms with Gasteiger partial charge in [-0.15, -0.1) is 24.0 Å². The normalized spacial score (nSPS) is 20.4. The third kappa shape index (κ3) is 6.29. The molecule has 0 aromatic heterocycles. The molecule has 1 aliphatic carbocycles. The highest BCUT2D eigenvalue weighted by Crippen LogP contribution is 2.47. The first-order valence-electron chi connectivity index (χ1n) is 10.6. The van der Waals surface area contributed by atoms with Crippen LogP contribution in [0.2, 0.25) is 0 Å². The molecule has 1 aromatic carbocycles. The molecule has 0 bridgehead atoms. The van der Waals surface area contributed by atoms with Gasteiger partial charge in [0.05, 0.1) is 6.04 Å². The van der Waals surface area contributed by atoms with Crippen molar-refractivity contribution in [1.82, 2.24) is 20.4 Å². The first kappa shape index (κ1) is 24.8. The summed E-state index contributed by atoms with van der Waals surface area (Å²) in [5, 5.41) is 6.77. The second-order valence-electron chi connectivity index (χ2n) is 8.42. The van der Waals surface area contributed by atoms with E-state index in [4.69, 9.17) is 0 Å². The van der Waals surface area contributed by atoms with Crippen LogP contribution in [-0.4, -0.2) is 75.0 Å². The number of carbonyl (C=O) groups is 1. The Hall–Kier alpha value is -1.42. The molecule has 168 valence electrons. The van der Waals surface area contributed by atoms with E-state index in [1.807, 2.05) is 20.2 Å². The predicted octanol–water partition coefficient (Wildman–Crippen LogP) is 2.58. The number of likely N-dealkylation sites (N-methyl/N-ethyl adjacent to an activating group) is 1. The molecule has 2 aliphatic rings. The van der Waals surface area contributed by atoms with Crippen LogP contribution in [0.4, 0.5) is 4.39 Å². The zero-order valence-electron chi connectivity index (χ0n) is 18.3. The number of guanidine groups is 1. The first-order chi connectivity index (χ1) is 13.9. The average Bonchev–Trinajstić information content (AvgIpc) is 3.36. The van der Waals surface area contributed by atoms with Crippen LogP contribution < -0.4 is 10.6 Å². The number of nitrogens with zero attached hydrogens (tertiary/aromatic N) is 3. The standard InChI is InChI=1S/C22H34FN5O.HI/c1-24-21(26-16-22(10-11-22)17-7-4-8-18(23)15-17)25-12-6-14-28-13-5-9-19(28)20(29)27(2)3;/h4,7-8,15,19H,5-6,9-14,16H2,1-3H3,(H2,24,25,26);1H. The summed E-state index contributed by atoms with van der Waals surface area (Å²) in [6.45, 7) is 3.45. The molecule has 1 aromatic rings. The van der Waals surface area contributed by atoms with E-state index < -0.39 is 0 Å². The Labute approximate surface area is 196 Å². The fraction of sp³-hybridized carbons (Fsp3) is 0.636. The van der Waals surface area contributed by atoms with Gasteiger partial charge < -0.3 is 15.5 Å². The van der Waals surface area contributed by atoms with Crippen LogP contribution in [0.1, 0.15) is 37.7 Å². The molecule has 1 amide bonds. The Morgan fingerprint density at radius 3 is 2.73 bits per heavy atom. The van der Waals surface area contributed by atoms with Crippen molar-refractivity contribution < 1.29 is 9.18 Å². The summed E-state index contributed by atoms with van der Waals surface area (Å²) in [5.41, 5.74) is 1.08. The van der Waals surface area contributed by atoms with Crippen molar-refractivity contribution in [3.8, 4) is 0 Å². The second-order valence-corrected chi connectivity index (χ2v) is 8.42. The summed E-state index contributed by atoms with van der Waals surface area (Å²) in [6, 6.07) is 6.96. The van der Waals surface area contributed by atoms with Crippen LogP contribution >= 0.6 is 24.0 Å². The topological polar surface area (TPSA) is 60.0 Å². The van der Waals surface area contributed by atoms with E-state index in [1.54, 1.807) is 24.1 Å². The van der Waals surface area contributed by atoms with Gasteiger partial charge in [0.15, 0.2) is 5.96 Å². The van der Waals surface area contributed by atoms with Gasteiger partial charge in [0, 0.05) is 46.2 Å². The third-order valence-corrected chi connectivity index (χ3v) is 6.11. The Morgan fingerprint density at radius 1 is 1.33 bits per heavy atom. The minimum Gasteiger partial charge on any atom is -0.356 e. The van der Waals surface area contributed by atoms with E-state index in [-0.39, 0.29) is 47.2 Å². The molecule has 8 heteroatoms. The highest BCUT2D eigenvalue weighted by molar-refractivity contribution is 14.0. The van der Waals surface area contributed by atoms with Gasteiger partial charge in [0.1, 0.15) is 5.82 Å². The lowest BCUT2D eigenvalue weighted by Crippen LogP contribution is -2.44. The van der Waals surface area contributed by atoms with Crippen LogP contribution in [-0.2, 0) is 10.2 Å². The Kier molecular flexibility index (Phi) is 9.33. The molecular weight excluding hydrogens is 496 g/mol. The predicted molar refractivity (Wildman–Crippen MR) is 130 cm³/mol. The van der Waals surface area contributed by atoms with Gasteiger partial charge in [-0.1, -0.05) is 12.1 Å². The van der Waals surface area contributed by atoms with Crippen LogP contribution in [0.25, 0.3) is 0 Å². The zero-order chi connectivity index (χ0) is 20.9. The van der Waals surface area contributed by atoms with Crippen LogP contribution in [0.15, 0.2) is 29.3 Å². The maximum Gasteiger partial charge on any atom is 0.239 e. The SMILES string of the molecule is CN=C(NCCCN1CCCC1C(=O)N(C)C)NCC1(c2cccc(F)c2)CC1.I. The molecule has 30 heavy (non-hydrogen) atoms. The number of benzene rings is 1. The van der Waals surface area contributed by atoms with Crippen LogP contribution in [0.5, 0.6) is 0 Å². The van der Waals surface area contributed by atoms with E-state index in [0.29, 0.717) is 0 Å². The largest absolute Gasteiger partial charge is 0.356 e. The zero-order valence-corrected chi connectivity index (χ0v) is 20.6. The monoisotopic (exact) mass is 531 g/mol. The lowest BCUT2D eigenvalue weighted by molar-refractivity contribution is -0.133. The first-order valence-corrected chi connectivity index (χ1v) is 10.6. The number of carbonyl (C=O) groups excluding carboxylic acids is 1. The fourth-order valence-corrected chi connectivity index (χ4v) is 4.17. The molecule has 0 spiro atoms. The molecule has 1 saturated heterocycles. The van der Waals surface area contributed by atoms with Crippen molar-refractivity contribution in [2.45, 2.75) is 43.6 Å². The number of amides is 1. The minimum atomic E-state index is -0.177. The molecule has 1 atom stereocenters. The van der Waals surface area contributed by atoms with E-state index in [2.05, 4.69) is 20.5 Å². The van der Waals surface area contributed by atoms with Crippen molar-refractivity contribution in [2.75, 3.05) is 47.3 Å². The number of hydrogen-bond donors (Lipinski definition) is 2. The van der Waals surface area contributed by atoms with Gasteiger partial charge in [0.2, 0.25) is 5.91 Å². The summed E-state index contributed by atoms with van der Waals surface area (Å²) in [6.07, 6.45) is 5.12. The molecule has 0 radical (unpaired) electrons. The molecule has 6 nitrogen and oxygen atoms in total. The maximum atomic E-state index is 13.6. The number of rotatable bonds is 8. The Balaban J connectivity index is 0.00000320. The van der Waals surface area contributed by atoms with Gasteiger partial charge in [-0.05, 0) is 56.3 Å². The minimum absolute atomic E-state index is 0. The van der Waals surface area contributed by atoms with E-state index >= 15 is 0 Å².